The molecule has 7 nitrogen and oxygen atoms in total. The van der Waals surface area contributed by atoms with Crippen LogP contribution in [0.3, 0.4) is 0 Å². The van der Waals surface area contributed by atoms with Crippen LogP contribution in [0.15, 0.2) is 30.5 Å². The molecule has 2 aromatic rings. The average molecular weight is 479 g/mol. The van der Waals surface area contributed by atoms with Gasteiger partial charge >= 0.3 is 0 Å². The highest BCUT2D eigenvalue weighted by molar-refractivity contribution is 6.32. The Morgan fingerprint density at radius 3 is 2.39 bits per heavy atom. The predicted molar refractivity (Wildman–Crippen MR) is 119 cm³/mol. The molecule has 0 spiro atoms. The minimum Gasteiger partial charge on any atom is -0.476 e. The Morgan fingerprint density at radius 1 is 1.18 bits per heavy atom. The van der Waals surface area contributed by atoms with Gasteiger partial charge < -0.3 is 20.7 Å². The fourth-order valence-corrected chi connectivity index (χ4v) is 4.81. The summed E-state index contributed by atoms with van der Waals surface area (Å²) in [5, 5.41) is 2.92. The molecule has 0 radical (unpaired) electrons. The van der Waals surface area contributed by atoms with Crippen LogP contribution < -0.4 is 20.7 Å². The Kier molecular flexibility index (Phi) is 6.18. The highest BCUT2D eigenvalue weighted by atomic mass is 35.5. The van der Waals surface area contributed by atoms with Gasteiger partial charge in [-0.2, -0.15) is 0 Å². The molecule has 1 aromatic carbocycles. The fourth-order valence-electron chi connectivity index (χ4n) is 4.62. The van der Waals surface area contributed by atoms with Crippen molar-refractivity contribution in [2.45, 2.75) is 63.3 Å². The number of fused-ring (bicyclic) bond motifs is 2. The first kappa shape index (κ1) is 23.2. The van der Waals surface area contributed by atoms with E-state index in [0.29, 0.717) is 5.56 Å². The number of hydrogen-bond donors (Lipinski definition) is 2. The highest BCUT2D eigenvalue weighted by Gasteiger charge is 2.43. The zero-order valence-electron chi connectivity index (χ0n) is 18.3. The van der Waals surface area contributed by atoms with E-state index in [9.17, 15) is 18.4 Å². The van der Waals surface area contributed by atoms with E-state index in [1.165, 1.54) is 6.20 Å². The van der Waals surface area contributed by atoms with Crippen molar-refractivity contribution in [1.82, 2.24) is 10.3 Å². The largest absolute Gasteiger partial charge is 0.476 e. The summed E-state index contributed by atoms with van der Waals surface area (Å²) < 4.78 is 32.6. The predicted octanol–water partition coefficient (Wildman–Crippen LogP) is 3.59. The van der Waals surface area contributed by atoms with E-state index < -0.39 is 23.1 Å². The van der Waals surface area contributed by atoms with Gasteiger partial charge in [0.05, 0.1) is 10.6 Å². The van der Waals surface area contributed by atoms with Gasteiger partial charge in [0.2, 0.25) is 5.91 Å². The van der Waals surface area contributed by atoms with Crippen LogP contribution in [0.5, 0.6) is 5.75 Å². The van der Waals surface area contributed by atoms with E-state index in [-0.39, 0.29) is 34.8 Å². The van der Waals surface area contributed by atoms with Gasteiger partial charge in [-0.15, -0.1) is 0 Å². The van der Waals surface area contributed by atoms with Crippen LogP contribution >= 0.6 is 11.6 Å². The topological polar surface area (TPSA) is 97.5 Å². The fraction of sp³-hybridized carbons (Fsp3) is 0.435. The lowest BCUT2D eigenvalue weighted by atomic mass is 9.96. The number of carbonyl (C=O) groups is 2. The summed E-state index contributed by atoms with van der Waals surface area (Å²) in [6.45, 7) is 3.10. The van der Waals surface area contributed by atoms with E-state index in [0.717, 1.165) is 43.6 Å². The van der Waals surface area contributed by atoms with Gasteiger partial charge in [-0.1, -0.05) is 11.6 Å². The molecule has 176 valence electrons. The van der Waals surface area contributed by atoms with E-state index in [2.05, 4.69) is 15.2 Å². The number of nitrogens with one attached hydrogen (secondary N) is 1. The van der Waals surface area contributed by atoms with E-state index in [4.69, 9.17) is 22.1 Å². The summed E-state index contributed by atoms with van der Waals surface area (Å²) in [7, 11) is 0. The number of anilines is 1. The van der Waals surface area contributed by atoms with Gasteiger partial charge in [-0.3, -0.25) is 9.59 Å². The number of rotatable bonds is 6. The molecule has 3 atom stereocenters. The van der Waals surface area contributed by atoms with E-state index >= 15 is 0 Å². The number of hydrogen-bond acceptors (Lipinski definition) is 5. The number of primary amides is 1. The number of carbonyl (C=O) groups excluding carboxylic acids is 2. The number of halogens is 3. The van der Waals surface area contributed by atoms with Crippen molar-refractivity contribution in [3.63, 3.8) is 0 Å². The summed E-state index contributed by atoms with van der Waals surface area (Å²) in [6.07, 6.45) is 4.88. The van der Waals surface area contributed by atoms with Crippen molar-refractivity contribution in [1.29, 1.82) is 0 Å². The second-order valence-electron chi connectivity index (χ2n) is 9.01. The molecule has 2 fully saturated rings. The maximum atomic E-state index is 13.6. The number of benzene rings is 1. The van der Waals surface area contributed by atoms with Gasteiger partial charge in [0.1, 0.15) is 11.6 Å². The van der Waals surface area contributed by atoms with Crippen LogP contribution in [-0.2, 0) is 4.79 Å². The zero-order valence-corrected chi connectivity index (χ0v) is 19.0. The lowest BCUT2D eigenvalue weighted by molar-refractivity contribution is -0.135. The number of amides is 2. The average Bonchev–Trinajstić information content (AvgIpc) is 3.02. The number of pyridine rings is 1. The van der Waals surface area contributed by atoms with Crippen molar-refractivity contribution in [2.75, 3.05) is 4.90 Å². The number of nitrogens with two attached hydrogens (primary N) is 1. The standard InChI is InChI=1S/C23H25ClF2N4O3/c1-23(2,33-19-10-18(26)17(25)9-16(19)24)22(32)29-13-7-14-4-5-15(8-13)30(14)20-6-3-12(11-28-20)21(27)31/h3,6,9-11,13-15H,4-5,7-8H2,1-2H3,(H2,27,31)(H,29,32)/t13?,14-,15+. The van der Waals surface area contributed by atoms with Crippen molar-refractivity contribution in [2.24, 2.45) is 5.73 Å². The molecule has 4 rings (SSSR count). The van der Waals surface area contributed by atoms with Crippen molar-refractivity contribution < 1.29 is 23.1 Å². The smallest absolute Gasteiger partial charge is 0.263 e. The summed E-state index contributed by atoms with van der Waals surface area (Å²) in [5.41, 5.74) is 4.30. The molecule has 33 heavy (non-hydrogen) atoms. The molecule has 0 aliphatic carbocycles. The summed E-state index contributed by atoms with van der Waals surface area (Å²) in [5.74, 6) is -2.40. The molecule has 2 amide bonds. The van der Waals surface area contributed by atoms with E-state index in [1.807, 2.05) is 0 Å². The van der Waals surface area contributed by atoms with Gasteiger partial charge in [0.25, 0.3) is 5.91 Å². The van der Waals surface area contributed by atoms with Gasteiger partial charge in [0.15, 0.2) is 17.2 Å². The third kappa shape index (κ3) is 4.73. The number of nitrogens with zero attached hydrogens (tertiary/aromatic N) is 2. The SMILES string of the molecule is CC(C)(Oc1cc(F)c(F)cc1Cl)C(=O)NC1C[C@H]2CC[C@@H](C1)N2c1ccc(C(N)=O)cn1. The molecule has 2 aliphatic heterocycles. The molecule has 3 N–H and O–H groups in total. The molecule has 10 heteroatoms. The monoisotopic (exact) mass is 478 g/mol. The van der Waals surface area contributed by atoms with Crippen LogP contribution in [0.25, 0.3) is 0 Å². The Labute approximate surface area is 195 Å². The summed E-state index contributed by atoms with van der Waals surface area (Å²) in [6, 6.07) is 5.45. The van der Waals surface area contributed by atoms with E-state index in [1.54, 1.807) is 26.0 Å². The Morgan fingerprint density at radius 2 is 1.82 bits per heavy atom. The second kappa shape index (κ2) is 8.78. The number of ether oxygens (including phenoxy) is 1. The van der Waals surface area contributed by atoms with Crippen LogP contribution in [-0.4, -0.2) is 40.5 Å². The molecular weight excluding hydrogens is 454 g/mol. The Balaban J connectivity index is 1.41. The number of aromatic nitrogens is 1. The van der Waals surface area contributed by atoms with Gasteiger partial charge in [-0.25, -0.2) is 13.8 Å². The third-order valence-corrected chi connectivity index (χ3v) is 6.55. The lowest BCUT2D eigenvalue weighted by Crippen LogP contribution is -2.55. The highest BCUT2D eigenvalue weighted by Crippen LogP contribution is 2.39. The van der Waals surface area contributed by atoms with Crippen molar-refractivity contribution in [3.05, 3.63) is 52.7 Å². The molecule has 2 saturated heterocycles. The van der Waals surface area contributed by atoms with Crippen LogP contribution in [0.4, 0.5) is 14.6 Å². The first-order valence-electron chi connectivity index (χ1n) is 10.7. The van der Waals surface area contributed by atoms with Crippen LogP contribution in [0.1, 0.15) is 49.9 Å². The molecule has 1 aromatic heterocycles. The summed E-state index contributed by atoms with van der Waals surface area (Å²) >= 11 is 5.95. The number of piperidine rings is 1. The lowest BCUT2D eigenvalue weighted by Gasteiger charge is -2.40. The zero-order chi connectivity index (χ0) is 23.9. The Bertz CT molecular complexity index is 1070. The van der Waals surface area contributed by atoms with Crippen molar-refractivity contribution in [3.8, 4) is 5.75 Å². The normalized spacial score (nSPS) is 22.2. The quantitative estimate of drug-likeness (QED) is 0.618. The molecule has 2 bridgehead atoms. The first-order valence-corrected chi connectivity index (χ1v) is 11.1. The molecule has 0 saturated carbocycles. The van der Waals surface area contributed by atoms with Gasteiger partial charge in [0, 0.05) is 30.4 Å². The maximum Gasteiger partial charge on any atom is 0.263 e. The minimum atomic E-state index is -1.35. The maximum absolute atomic E-state index is 13.6. The van der Waals surface area contributed by atoms with Crippen LogP contribution in [0, 0.1) is 11.6 Å². The Hall–Kier alpha value is -2.94. The van der Waals surface area contributed by atoms with Crippen molar-refractivity contribution >= 4 is 29.2 Å². The minimum absolute atomic E-state index is 0.0700. The first-order chi connectivity index (χ1) is 15.5. The second-order valence-corrected chi connectivity index (χ2v) is 9.42. The van der Waals surface area contributed by atoms with Crippen LogP contribution in [0.2, 0.25) is 5.02 Å². The molecular formula is C23H25ClF2N4O3. The van der Waals surface area contributed by atoms with Gasteiger partial charge in [-0.05, 0) is 57.7 Å². The molecule has 1 unspecified atom stereocenters. The molecule has 3 heterocycles. The third-order valence-electron chi connectivity index (χ3n) is 6.25. The summed E-state index contributed by atoms with van der Waals surface area (Å²) in [4.78, 5) is 30.9. The molecule has 2 aliphatic rings.